The Labute approximate surface area is 199 Å². The molecule has 2 amide bonds. The molecule has 3 heterocycles. The van der Waals surface area contributed by atoms with Gasteiger partial charge in [-0.05, 0) is 54.1 Å². The molecule has 0 aliphatic carbocycles. The molecule has 0 saturated carbocycles. The molecular weight excluding hydrogens is 430 g/mol. The number of rotatable bonds is 3. The third-order valence-electron chi connectivity index (χ3n) is 6.98. The summed E-state index contributed by atoms with van der Waals surface area (Å²) in [4.78, 5) is 34.3. The van der Waals surface area contributed by atoms with Gasteiger partial charge >= 0.3 is 0 Å². The van der Waals surface area contributed by atoms with Crippen LogP contribution in [0.15, 0.2) is 60.0 Å². The monoisotopic (exact) mass is 459 g/mol. The van der Waals surface area contributed by atoms with Crippen LogP contribution < -0.4 is 4.90 Å². The SMILES string of the molecule is Cc1ccc(C)c(N2CCN(C(=O)[C@H]3c4ccccc4C(=O)N(C)[C@@H]3c3cccs3)CC2)c1. The maximum absolute atomic E-state index is 14.0. The zero-order valence-electron chi connectivity index (χ0n) is 19.3. The van der Waals surface area contributed by atoms with Crippen molar-refractivity contribution in [3.8, 4) is 0 Å². The first kappa shape index (κ1) is 21.7. The largest absolute Gasteiger partial charge is 0.368 e. The van der Waals surface area contributed by atoms with Gasteiger partial charge in [0.05, 0.1) is 12.0 Å². The molecule has 3 aromatic rings. The van der Waals surface area contributed by atoms with Gasteiger partial charge in [-0.15, -0.1) is 11.3 Å². The molecule has 2 aliphatic rings. The Balaban J connectivity index is 1.43. The van der Waals surface area contributed by atoms with E-state index in [-0.39, 0.29) is 17.9 Å². The summed E-state index contributed by atoms with van der Waals surface area (Å²) in [7, 11) is 1.82. The number of nitrogens with zero attached hydrogens (tertiary/aromatic N) is 3. The van der Waals surface area contributed by atoms with E-state index in [1.54, 1.807) is 16.2 Å². The highest BCUT2D eigenvalue weighted by molar-refractivity contribution is 7.10. The number of benzene rings is 2. The number of fused-ring (bicyclic) bond motifs is 1. The van der Waals surface area contributed by atoms with Crippen molar-refractivity contribution in [1.29, 1.82) is 0 Å². The molecule has 0 radical (unpaired) electrons. The molecule has 2 aliphatic heterocycles. The van der Waals surface area contributed by atoms with Gasteiger partial charge in [0.2, 0.25) is 5.91 Å². The van der Waals surface area contributed by atoms with E-state index in [1.807, 2.05) is 53.7 Å². The molecule has 5 rings (SSSR count). The van der Waals surface area contributed by atoms with Crippen LogP contribution in [-0.4, -0.2) is 54.8 Å². The summed E-state index contributed by atoms with van der Waals surface area (Å²) in [5.74, 6) is -0.302. The summed E-state index contributed by atoms with van der Waals surface area (Å²) in [6, 6.07) is 17.9. The lowest BCUT2D eigenvalue weighted by Crippen LogP contribution is -2.53. The van der Waals surface area contributed by atoms with Gasteiger partial charge in [0.15, 0.2) is 0 Å². The molecule has 1 aromatic heterocycles. The number of anilines is 1. The van der Waals surface area contributed by atoms with Gasteiger partial charge in [-0.3, -0.25) is 9.59 Å². The van der Waals surface area contributed by atoms with E-state index in [2.05, 4.69) is 36.9 Å². The summed E-state index contributed by atoms with van der Waals surface area (Å²) in [5, 5.41) is 2.01. The number of amides is 2. The van der Waals surface area contributed by atoms with Crippen LogP contribution in [0.25, 0.3) is 0 Å². The minimum Gasteiger partial charge on any atom is -0.368 e. The molecule has 5 nitrogen and oxygen atoms in total. The van der Waals surface area contributed by atoms with Gasteiger partial charge in [-0.2, -0.15) is 0 Å². The number of thiophene rings is 1. The fourth-order valence-electron chi connectivity index (χ4n) is 5.18. The first-order valence-corrected chi connectivity index (χ1v) is 12.3. The van der Waals surface area contributed by atoms with Crippen LogP contribution in [0.3, 0.4) is 0 Å². The quantitative estimate of drug-likeness (QED) is 0.574. The Bertz CT molecular complexity index is 1180. The third kappa shape index (κ3) is 3.82. The predicted molar refractivity (Wildman–Crippen MR) is 133 cm³/mol. The molecule has 6 heteroatoms. The maximum Gasteiger partial charge on any atom is 0.254 e. The van der Waals surface area contributed by atoms with Crippen molar-refractivity contribution in [1.82, 2.24) is 9.80 Å². The summed E-state index contributed by atoms with van der Waals surface area (Å²) in [5.41, 5.74) is 5.26. The van der Waals surface area contributed by atoms with Gasteiger partial charge in [-0.1, -0.05) is 36.4 Å². The van der Waals surface area contributed by atoms with E-state index >= 15 is 0 Å². The van der Waals surface area contributed by atoms with E-state index in [0.717, 1.165) is 23.5 Å². The smallest absolute Gasteiger partial charge is 0.254 e. The second kappa shape index (κ2) is 8.67. The number of likely N-dealkylation sites (N-methyl/N-ethyl adjacent to an activating group) is 1. The van der Waals surface area contributed by atoms with Gasteiger partial charge in [-0.25, -0.2) is 0 Å². The van der Waals surface area contributed by atoms with E-state index in [4.69, 9.17) is 0 Å². The highest BCUT2D eigenvalue weighted by atomic mass is 32.1. The number of hydrogen-bond donors (Lipinski definition) is 0. The molecule has 170 valence electrons. The van der Waals surface area contributed by atoms with E-state index in [0.29, 0.717) is 18.7 Å². The Morgan fingerprint density at radius 1 is 0.970 bits per heavy atom. The van der Waals surface area contributed by atoms with Crippen molar-refractivity contribution in [2.75, 3.05) is 38.1 Å². The zero-order valence-corrected chi connectivity index (χ0v) is 20.1. The number of piperazine rings is 1. The topological polar surface area (TPSA) is 43.9 Å². The molecular formula is C27H29N3O2S. The Morgan fingerprint density at radius 3 is 2.45 bits per heavy atom. The number of aryl methyl sites for hydroxylation is 2. The summed E-state index contributed by atoms with van der Waals surface area (Å²) >= 11 is 1.61. The average molecular weight is 460 g/mol. The Morgan fingerprint density at radius 2 is 1.73 bits per heavy atom. The molecule has 1 saturated heterocycles. The van der Waals surface area contributed by atoms with Crippen LogP contribution >= 0.6 is 11.3 Å². The number of carbonyl (C=O) groups is 2. The number of carbonyl (C=O) groups excluding carboxylic acids is 2. The van der Waals surface area contributed by atoms with Crippen molar-refractivity contribution >= 4 is 28.8 Å². The molecule has 2 atom stereocenters. The maximum atomic E-state index is 14.0. The lowest BCUT2D eigenvalue weighted by Gasteiger charge is -2.43. The van der Waals surface area contributed by atoms with Crippen molar-refractivity contribution in [2.24, 2.45) is 0 Å². The van der Waals surface area contributed by atoms with Crippen LogP contribution in [0.1, 0.15) is 43.9 Å². The van der Waals surface area contributed by atoms with Crippen molar-refractivity contribution in [2.45, 2.75) is 25.8 Å². The molecule has 0 N–H and O–H groups in total. The second-order valence-electron chi connectivity index (χ2n) is 9.04. The third-order valence-corrected chi connectivity index (χ3v) is 7.92. The van der Waals surface area contributed by atoms with Crippen LogP contribution in [0.2, 0.25) is 0 Å². The molecule has 0 spiro atoms. The van der Waals surface area contributed by atoms with E-state index < -0.39 is 5.92 Å². The average Bonchev–Trinajstić information content (AvgIpc) is 3.37. The highest BCUT2D eigenvalue weighted by Crippen LogP contribution is 2.44. The lowest BCUT2D eigenvalue weighted by atomic mass is 9.81. The zero-order chi connectivity index (χ0) is 23.1. The molecule has 1 fully saturated rings. The fourth-order valence-corrected chi connectivity index (χ4v) is 6.09. The summed E-state index contributed by atoms with van der Waals surface area (Å²) in [6.45, 7) is 7.24. The van der Waals surface area contributed by atoms with Crippen molar-refractivity contribution in [3.63, 3.8) is 0 Å². The second-order valence-corrected chi connectivity index (χ2v) is 10.0. The van der Waals surface area contributed by atoms with Crippen molar-refractivity contribution in [3.05, 3.63) is 87.1 Å². The molecule has 0 unspecified atom stereocenters. The molecule has 2 aromatic carbocycles. The standard InChI is InChI=1S/C27H29N3O2S/c1-18-10-11-19(2)22(17-18)29-12-14-30(15-13-29)27(32)24-20-7-4-5-8-21(20)26(31)28(3)25(24)23-9-6-16-33-23/h4-11,16-17,24-25H,12-15H2,1-3H3/t24-,25+/m0/s1. The van der Waals surface area contributed by atoms with Gasteiger partial charge in [0, 0.05) is 49.4 Å². The van der Waals surface area contributed by atoms with Crippen LogP contribution in [0.5, 0.6) is 0 Å². The predicted octanol–water partition coefficient (Wildman–Crippen LogP) is 4.62. The van der Waals surface area contributed by atoms with Crippen LogP contribution in [0, 0.1) is 13.8 Å². The Kier molecular flexibility index (Phi) is 5.71. The van der Waals surface area contributed by atoms with Gasteiger partial charge < -0.3 is 14.7 Å². The van der Waals surface area contributed by atoms with E-state index in [9.17, 15) is 9.59 Å². The summed E-state index contributed by atoms with van der Waals surface area (Å²) < 4.78 is 0. The van der Waals surface area contributed by atoms with Gasteiger partial charge in [0.1, 0.15) is 0 Å². The first-order chi connectivity index (χ1) is 16.0. The Hall–Kier alpha value is -3.12. The van der Waals surface area contributed by atoms with Crippen LogP contribution in [-0.2, 0) is 4.79 Å². The van der Waals surface area contributed by atoms with E-state index in [1.165, 1.54) is 16.8 Å². The van der Waals surface area contributed by atoms with Crippen LogP contribution in [0.4, 0.5) is 5.69 Å². The lowest BCUT2D eigenvalue weighted by molar-refractivity contribution is -0.134. The molecule has 33 heavy (non-hydrogen) atoms. The number of hydrogen-bond acceptors (Lipinski definition) is 4. The minimum absolute atomic E-state index is 0.0206. The van der Waals surface area contributed by atoms with Gasteiger partial charge in [0.25, 0.3) is 5.91 Å². The molecule has 0 bridgehead atoms. The summed E-state index contributed by atoms with van der Waals surface area (Å²) in [6.07, 6.45) is 0. The van der Waals surface area contributed by atoms with Crippen molar-refractivity contribution < 1.29 is 9.59 Å². The first-order valence-electron chi connectivity index (χ1n) is 11.5. The minimum atomic E-state index is -0.394. The fraction of sp³-hybridized carbons (Fsp3) is 0.333. The normalized spacial score (nSPS) is 20.7. The highest BCUT2D eigenvalue weighted by Gasteiger charge is 2.44.